The number of carboxylic acid groups (broad SMARTS) is 2. The molecule has 2 aromatic rings. The second kappa shape index (κ2) is 6.84. The van der Waals surface area contributed by atoms with Crippen molar-refractivity contribution in [2.24, 2.45) is 0 Å². The van der Waals surface area contributed by atoms with Crippen LogP contribution in [0.4, 0.5) is 9.59 Å². The minimum absolute atomic E-state index is 0.180. The number of fused-ring (bicyclic) bond motifs is 1. The van der Waals surface area contributed by atoms with Crippen LogP contribution in [0.2, 0.25) is 0 Å². The highest BCUT2D eigenvalue weighted by Gasteiger charge is 2.17. The van der Waals surface area contributed by atoms with Crippen LogP contribution in [0.1, 0.15) is 0 Å². The molecule has 8 nitrogen and oxygen atoms in total. The average molecular weight is 312 g/mol. The van der Waals surface area contributed by atoms with Gasteiger partial charge in [-0.3, -0.25) is 0 Å². The Labute approximate surface area is 123 Å². The van der Waals surface area contributed by atoms with E-state index in [1.165, 1.54) is 11.8 Å². The molecule has 112 valence electrons. The van der Waals surface area contributed by atoms with Crippen LogP contribution in [0.25, 0.3) is 11.0 Å². The van der Waals surface area contributed by atoms with E-state index in [9.17, 15) is 9.59 Å². The lowest BCUT2D eigenvalue weighted by atomic mass is 10.3. The van der Waals surface area contributed by atoms with Crippen molar-refractivity contribution in [2.45, 2.75) is 11.3 Å². The van der Waals surface area contributed by atoms with Crippen molar-refractivity contribution in [1.82, 2.24) is 9.97 Å². The summed E-state index contributed by atoms with van der Waals surface area (Å²) in [6, 6.07) is 7.43. The maximum atomic E-state index is 10.5. The molecule has 1 aromatic carbocycles. The SMILES string of the molecule is O=C(O)OCC(CSc1nc2ccccc2[nH]1)OC(=O)O. The number of benzene rings is 1. The monoisotopic (exact) mass is 312 g/mol. The number of aromatic amines is 1. The van der Waals surface area contributed by atoms with Gasteiger partial charge in [-0.1, -0.05) is 23.9 Å². The Morgan fingerprint density at radius 3 is 2.71 bits per heavy atom. The first kappa shape index (κ1) is 15.0. The number of ether oxygens (including phenoxy) is 2. The molecule has 0 radical (unpaired) electrons. The highest BCUT2D eigenvalue weighted by molar-refractivity contribution is 7.99. The van der Waals surface area contributed by atoms with Gasteiger partial charge >= 0.3 is 12.3 Å². The minimum atomic E-state index is -1.49. The fourth-order valence-corrected chi connectivity index (χ4v) is 2.45. The maximum absolute atomic E-state index is 10.5. The van der Waals surface area contributed by atoms with Crippen LogP contribution < -0.4 is 0 Å². The van der Waals surface area contributed by atoms with E-state index in [2.05, 4.69) is 19.4 Å². The molecule has 0 amide bonds. The van der Waals surface area contributed by atoms with Gasteiger partial charge in [-0.25, -0.2) is 14.6 Å². The molecule has 1 atom stereocenters. The molecule has 0 spiro atoms. The van der Waals surface area contributed by atoms with E-state index >= 15 is 0 Å². The van der Waals surface area contributed by atoms with Gasteiger partial charge in [-0.2, -0.15) is 0 Å². The quantitative estimate of drug-likeness (QED) is 0.549. The molecular formula is C12H12N2O6S. The van der Waals surface area contributed by atoms with Gasteiger partial charge in [0.05, 0.1) is 11.0 Å². The lowest BCUT2D eigenvalue weighted by molar-refractivity contribution is 0.0140. The third-order valence-electron chi connectivity index (χ3n) is 2.43. The third-order valence-corrected chi connectivity index (χ3v) is 3.44. The van der Waals surface area contributed by atoms with Gasteiger partial charge < -0.3 is 24.7 Å². The summed E-state index contributed by atoms with van der Waals surface area (Å²) in [7, 11) is 0. The number of hydrogen-bond donors (Lipinski definition) is 3. The van der Waals surface area contributed by atoms with Crippen LogP contribution in [-0.4, -0.2) is 51.0 Å². The van der Waals surface area contributed by atoms with Crippen LogP contribution in [0, 0.1) is 0 Å². The van der Waals surface area contributed by atoms with E-state index in [0.29, 0.717) is 5.16 Å². The Balaban J connectivity index is 1.96. The number of aromatic nitrogens is 2. The largest absolute Gasteiger partial charge is 0.506 e. The first-order chi connectivity index (χ1) is 10.0. The normalized spacial score (nSPS) is 12.0. The van der Waals surface area contributed by atoms with Crippen LogP contribution >= 0.6 is 11.8 Å². The van der Waals surface area contributed by atoms with Gasteiger partial charge in [0.1, 0.15) is 12.7 Å². The van der Waals surface area contributed by atoms with Crippen molar-refractivity contribution < 1.29 is 29.3 Å². The molecule has 1 unspecified atom stereocenters. The van der Waals surface area contributed by atoms with Crippen LogP contribution in [0.15, 0.2) is 29.4 Å². The number of imidazole rings is 1. The first-order valence-corrected chi connectivity index (χ1v) is 6.86. The van der Waals surface area contributed by atoms with E-state index in [4.69, 9.17) is 10.2 Å². The van der Waals surface area contributed by atoms with E-state index in [1.807, 2.05) is 24.3 Å². The zero-order valence-corrected chi connectivity index (χ0v) is 11.5. The Morgan fingerprint density at radius 2 is 2.05 bits per heavy atom. The summed E-state index contributed by atoms with van der Waals surface area (Å²) in [5.41, 5.74) is 1.65. The van der Waals surface area contributed by atoms with E-state index in [1.54, 1.807) is 0 Å². The van der Waals surface area contributed by atoms with Crippen molar-refractivity contribution in [1.29, 1.82) is 0 Å². The zero-order valence-electron chi connectivity index (χ0n) is 10.7. The molecule has 1 heterocycles. The molecule has 0 bridgehead atoms. The lowest BCUT2D eigenvalue weighted by Gasteiger charge is -2.13. The van der Waals surface area contributed by atoms with E-state index in [0.717, 1.165) is 11.0 Å². The fourth-order valence-electron chi connectivity index (χ4n) is 1.59. The second-order valence-corrected chi connectivity index (χ2v) is 4.96. The highest BCUT2D eigenvalue weighted by atomic mass is 32.2. The predicted molar refractivity (Wildman–Crippen MR) is 73.7 cm³/mol. The molecule has 1 aromatic heterocycles. The average Bonchev–Trinajstić information content (AvgIpc) is 2.84. The summed E-state index contributed by atoms with van der Waals surface area (Å²) in [6.07, 6.45) is -3.88. The number of thioether (sulfide) groups is 1. The topological polar surface area (TPSA) is 122 Å². The number of nitrogens with one attached hydrogen (secondary N) is 1. The molecule has 0 saturated carbocycles. The fraction of sp³-hybridized carbons (Fsp3) is 0.250. The summed E-state index contributed by atoms with van der Waals surface area (Å²) in [6.45, 7) is -0.366. The number of H-pyrrole nitrogens is 1. The zero-order chi connectivity index (χ0) is 15.2. The number of nitrogens with zero attached hydrogens (tertiary/aromatic N) is 1. The van der Waals surface area contributed by atoms with Crippen molar-refractivity contribution >= 4 is 35.1 Å². The Hall–Kier alpha value is -2.42. The van der Waals surface area contributed by atoms with Crippen LogP contribution in [0.5, 0.6) is 0 Å². The summed E-state index contributed by atoms with van der Waals surface area (Å²) >= 11 is 1.22. The number of hydrogen-bond acceptors (Lipinski definition) is 6. The molecular weight excluding hydrogens is 300 g/mol. The van der Waals surface area contributed by atoms with Gasteiger partial charge in [0.2, 0.25) is 0 Å². The molecule has 2 rings (SSSR count). The number of para-hydroxylation sites is 2. The second-order valence-electron chi connectivity index (χ2n) is 3.95. The van der Waals surface area contributed by atoms with Gasteiger partial charge in [0.15, 0.2) is 5.16 Å². The van der Waals surface area contributed by atoms with Gasteiger partial charge in [-0.05, 0) is 12.1 Å². The van der Waals surface area contributed by atoms with E-state index < -0.39 is 18.4 Å². The summed E-state index contributed by atoms with van der Waals surface area (Å²) in [5.74, 6) is 0.180. The van der Waals surface area contributed by atoms with Crippen molar-refractivity contribution in [3.05, 3.63) is 24.3 Å². The number of rotatable bonds is 6. The van der Waals surface area contributed by atoms with E-state index in [-0.39, 0.29) is 12.4 Å². The maximum Gasteiger partial charge on any atom is 0.506 e. The molecule has 0 aliphatic heterocycles. The third kappa shape index (κ3) is 4.56. The van der Waals surface area contributed by atoms with Crippen LogP contribution in [0.3, 0.4) is 0 Å². The molecule has 21 heavy (non-hydrogen) atoms. The van der Waals surface area contributed by atoms with Gasteiger partial charge in [0, 0.05) is 5.75 Å². The smallest absolute Gasteiger partial charge is 0.450 e. The van der Waals surface area contributed by atoms with Gasteiger partial charge in [-0.15, -0.1) is 0 Å². The molecule has 0 aliphatic carbocycles. The molecule has 9 heteroatoms. The minimum Gasteiger partial charge on any atom is -0.450 e. The number of carbonyl (C=O) groups is 2. The van der Waals surface area contributed by atoms with Crippen molar-refractivity contribution in [2.75, 3.05) is 12.4 Å². The Kier molecular flexibility index (Phi) is 4.88. The van der Waals surface area contributed by atoms with Crippen molar-refractivity contribution in [3.8, 4) is 0 Å². The Bertz CT molecular complexity index is 610. The van der Waals surface area contributed by atoms with Crippen LogP contribution in [-0.2, 0) is 9.47 Å². The summed E-state index contributed by atoms with van der Waals surface area (Å²) < 4.78 is 8.90. The molecule has 0 saturated heterocycles. The van der Waals surface area contributed by atoms with Gasteiger partial charge in [0.25, 0.3) is 0 Å². The summed E-state index contributed by atoms with van der Waals surface area (Å²) in [4.78, 5) is 28.2. The predicted octanol–water partition coefficient (Wildman–Crippen LogP) is 2.41. The van der Waals surface area contributed by atoms with Crippen molar-refractivity contribution in [3.63, 3.8) is 0 Å². The Morgan fingerprint density at radius 1 is 1.29 bits per heavy atom. The lowest BCUT2D eigenvalue weighted by Crippen LogP contribution is -2.26. The molecule has 0 aliphatic rings. The standard InChI is InChI=1S/C12H12N2O6S/c15-11(16)19-5-7(20-12(17)18)6-21-10-13-8-3-1-2-4-9(8)14-10/h1-4,7H,5-6H2,(H,13,14)(H,15,16)(H,17,18). The first-order valence-electron chi connectivity index (χ1n) is 5.87. The summed E-state index contributed by atoms with van der Waals surface area (Å²) in [5, 5.41) is 17.6. The molecule has 0 fully saturated rings. The molecule has 3 N–H and O–H groups in total. The highest BCUT2D eigenvalue weighted by Crippen LogP contribution is 2.20.